The second kappa shape index (κ2) is 8.96. The zero-order valence-corrected chi connectivity index (χ0v) is 17.2. The molecule has 0 aliphatic heterocycles. The molecule has 0 aliphatic carbocycles. The summed E-state index contributed by atoms with van der Waals surface area (Å²) in [5, 5.41) is 2.00. The Kier molecular flexibility index (Phi) is 6.39. The highest BCUT2D eigenvalue weighted by Gasteiger charge is 2.21. The third kappa shape index (κ3) is 4.86. The standard InChI is InChI=1S/C22H21FN2O3S/c1-14(2)16-8-10-17(11-9-16)21(27)28-12-18-13-29-22(24-18)25(15(3)26)20-7-5-4-6-19(20)23/h4-11,13-14H,12H2,1-3H3. The molecule has 0 aliphatic rings. The number of hydrogen-bond donors (Lipinski definition) is 0. The zero-order valence-electron chi connectivity index (χ0n) is 16.4. The van der Waals surface area contributed by atoms with Crippen LogP contribution in [-0.2, 0) is 16.1 Å². The van der Waals surface area contributed by atoms with E-state index < -0.39 is 11.8 Å². The first-order valence-corrected chi connectivity index (χ1v) is 10.0. The van der Waals surface area contributed by atoms with Gasteiger partial charge in [-0.2, -0.15) is 0 Å². The van der Waals surface area contributed by atoms with Gasteiger partial charge >= 0.3 is 5.97 Å². The van der Waals surface area contributed by atoms with Gasteiger partial charge < -0.3 is 4.74 Å². The first kappa shape index (κ1) is 20.7. The Bertz CT molecular complexity index is 1010. The molecule has 0 fully saturated rings. The number of nitrogens with zero attached hydrogens (tertiary/aromatic N) is 2. The van der Waals surface area contributed by atoms with E-state index in [9.17, 15) is 14.0 Å². The molecule has 0 unspecified atom stereocenters. The summed E-state index contributed by atoms with van der Waals surface area (Å²) in [7, 11) is 0. The summed E-state index contributed by atoms with van der Waals surface area (Å²) < 4.78 is 19.5. The zero-order chi connectivity index (χ0) is 21.0. The highest BCUT2D eigenvalue weighted by atomic mass is 32.1. The average Bonchev–Trinajstić information content (AvgIpc) is 3.16. The second-order valence-electron chi connectivity index (χ2n) is 6.78. The molecule has 0 spiro atoms. The van der Waals surface area contributed by atoms with Crippen LogP contribution >= 0.6 is 11.3 Å². The Balaban J connectivity index is 1.70. The van der Waals surface area contributed by atoms with E-state index in [0.29, 0.717) is 22.3 Å². The van der Waals surface area contributed by atoms with E-state index in [-0.39, 0.29) is 18.2 Å². The molecule has 0 bridgehead atoms. The van der Waals surface area contributed by atoms with Gasteiger partial charge in [0.2, 0.25) is 5.91 Å². The number of ether oxygens (including phenoxy) is 1. The van der Waals surface area contributed by atoms with E-state index in [1.807, 2.05) is 12.1 Å². The fraction of sp³-hybridized carbons (Fsp3) is 0.227. The molecule has 0 N–H and O–H groups in total. The molecule has 3 aromatic rings. The van der Waals surface area contributed by atoms with Crippen LogP contribution in [0.3, 0.4) is 0 Å². The first-order valence-electron chi connectivity index (χ1n) is 9.13. The van der Waals surface area contributed by atoms with Gasteiger partial charge in [0.1, 0.15) is 12.4 Å². The number of amides is 1. The molecule has 0 radical (unpaired) electrons. The molecule has 0 saturated carbocycles. The van der Waals surface area contributed by atoms with Crippen LogP contribution < -0.4 is 4.90 Å². The van der Waals surface area contributed by atoms with Gasteiger partial charge in [0, 0.05) is 12.3 Å². The lowest BCUT2D eigenvalue weighted by atomic mass is 10.0. The molecular weight excluding hydrogens is 391 g/mol. The number of rotatable bonds is 6. The summed E-state index contributed by atoms with van der Waals surface area (Å²) in [6.07, 6.45) is 0. The molecule has 3 rings (SSSR count). The Labute approximate surface area is 172 Å². The Morgan fingerprint density at radius 1 is 1.14 bits per heavy atom. The molecule has 1 aromatic heterocycles. The van der Waals surface area contributed by atoms with E-state index in [1.165, 1.54) is 35.3 Å². The number of hydrogen-bond acceptors (Lipinski definition) is 5. The number of halogens is 1. The van der Waals surface area contributed by atoms with Crippen LogP contribution in [0.15, 0.2) is 53.9 Å². The minimum Gasteiger partial charge on any atom is -0.456 e. The van der Waals surface area contributed by atoms with Crippen LogP contribution in [0.4, 0.5) is 15.2 Å². The van der Waals surface area contributed by atoms with Gasteiger partial charge in [-0.25, -0.2) is 14.2 Å². The van der Waals surface area contributed by atoms with Gasteiger partial charge in [-0.05, 0) is 35.7 Å². The van der Waals surface area contributed by atoms with Crippen molar-refractivity contribution in [2.24, 2.45) is 0 Å². The number of thiazole rings is 1. The van der Waals surface area contributed by atoms with Crippen LogP contribution in [-0.4, -0.2) is 16.9 Å². The van der Waals surface area contributed by atoms with E-state index in [2.05, 4.69) is 18.8 Å². The fourth-order valence-corrected chi connectivity index (χ4v) is 3.60. The maximum Gasteiger partial charge on any atom is 0.338 e. The second-order valence-corrected chi connectivity index (χ2v) is 7.62. The predicted molar refractivity (Wildman–Crippen MR) is 111 cm³/mol. The van der Waals surface area contributed by atoms with Crippen molar-refractivity contribution in [2.75, 3.05) is 4.90 Å². The molecule has 7 heteroatoms. The lowest BCUT2D eigenvalue weighted by Gasteiger charge is -2.18. The van der Waals surface area contributed by atoms with Crippen LogP contribution in [0.1, 0.15) is 48.3 Å². The molecule has 0 saturated heterocycles. The predicted octanol–water partition coefficient (Wildman–Crippen LogP) is 5.45. The topological polar surface area (TPSA) is 59.5 Å². The van der Waals surface area contributed by atoms with Crippen molar-refractivity contribution >= 4 is 34.0 Å². The SMILES string of the molecule is CC(=O)N(c1nc(COC(=O)c2ccc(C(C)C)cc2)cs1)c1ccccc1F. The summed E-state index contributed by atoms with van der Waals surface area (Å²) in [5.74, 6) is -0.950. The maximum atomic E-state index is 14.1. The van der Waals surface area contributed by atoms with Crippen LogP contribution in [0.25, 0.3) is 0 Å². The van der Waals surface area contributed by atoms with E-state index >= 15 is 0 Å². The molecule has 1 amide bonds. The summed E-state index contributed by atoms with van der Waals surface area (Å²) >= 11 is 1.18. The number of anilines is 2. The first-order chi connectivity index (χ1) is 13.9. The minimum absolute atomic E-state index is 0.0374. The third-order valence-corrected chi connectivity index (χ3v) is 5.18. The lowest BCUT2D eigenvalue weighted by molar-refractivity contribution is -0.115. The maximum absolute atomic E-state index is 14.1. The molecular formula is C22H21FN2O3S. The number of esters is 1. The number of benzene rings is 2. The van der Waals surface area contributed by atoms with Crippen molar-refractivity contribution in [1.82, 2.24) is 4.98 Å². The van der Waals surface area contributed by atoms with E-state index in [1.54, 1.807) is 29.6 Å². The Hall–Kier alpha value is -3.06. The van der Waals surface area contributed by atoms with Gasteiger partial charge in [0.05, 0.1) is 16.9 Å². The summed E-state index contributed by atoms with van der Waals surface area (Å²) in [6, 6.07) is 13.3. The normalized spacial score (nSPS) is 10.8. The Morgan fingerprint density at radius 2 is 1.83 bits per heavy atom. The largest absolute Gasteiger partial charge is 0.456 e. The van der Waals surface area contributed by atoms with Crippen molar-refractivity contribution < 1.29 is 18.7 Å². The van der Waals surface area contributed by atoms with Gasteiger partial charge in [-0.3, -0.25) is 9.69 Å². The smallest absolute Gasteiger partial charge is 0.338 e. The average molecular weight is 412 g/mol. The van der Waals surface area contributed by atoms with E-state index in [4.69, 9.17) is 4.74 Å². The molecule has 1 heterocycles. The fourth-order valence-electron chi connectivity index (χ4n) is 2.73. The molecule has 5 nitrogen and oxygen atoms in total. The van der Waals surface area contributed by atoms with Crippen molar-refractivity contribution in [3.63, 3.8) is 0 Å². The summed E-state index contributed by atoms with van der Waals surface area (Å²) in [4.78, 5) is 29.9. The molecule has 150 valence electrons. The minimum atomic E-state index is -0.518. The van der Waals surface area contributed by atoms with Gasteiger partial charge in [0.15, 0.2) is 5.13 Å². The van der Waals surface area contributed by atoms with Crippen LogP contribution in [0.2, 0.25) is 0 Å². The lowest BCUT2D eigenvalue weighted by Crippen LogP contribution is -2.23. The quantitative estimate of drug-likeness (QED) is 0.505. The van der Waals surface area contributed by atoms with Crippen molar-refractivity contribution in [3.8, 4) is 0 Å². The van der Waals surface area contributed by atoms with Gasteiger partial charge in [-0.15, -0.1) is 11.3 Å². The summed E-state index contributed by atoms with van der Waals surface area (Å²) in [5.41, 5.74) is 2.22. The molecule has 0 atom stereocenters. The molecule has 29 heavy (non-hydrogen) atoms. The molecule has 2 aromatic carbocycles. The highest BCUT2D eigenvalue weighted by Crippen LogP contribution is 2.31. The number of para-hydroxylation sites is 1. The van der Waals surface area contributed by atoms with Gasteiger partial charge in [-0.1, -0.05) is 38.1 Å². The van der Waals surface area contributed by atoms with Gasteiger partial charge in [0.25, 0.3) is 0 Å². The van der Waals surface area contributed by atoms with E-state index in [0.717, 1.165) is 5.56 Å². The van der Waals surface area contributed by atoms with Crippen molar-refractivity contribution in [1.29, 1.82) is 0 Å². The monoisotopic (exact) mass is 412 g/mol. The summed E-state index contributed by atoms with van der Waals surface area (Å²) in [6.45, 7) is 5.47. The third-order valence-electron chi connectivity index (χ3n) is 4.30. The van der Waals surface area contributed by atoms with Crippen LogP contribution in [0.5, 0.6) is 0 Å². The number of aromatic nitrogens is 1. The van der Waals surface area contributed by atoms with Crippen molar-refractivity contribution in [3.05, 3.63) is 76.5 Å². The Morgan fingerprint density at radius 3 is 2.45 bits per heavy atom. The number of carbonyl (C=O) groups excluding carboxylic acids is 2. The van der Waals surface area contributed by atoms with Crippen LogP contribution in [0, 0.1) is 5.82 Å². The van der Waals surface area contributed by atoms with Crippen molar-refractivity contribution in [2.45, 2.75) is 33.3 Å². The highest BCUT2D eigenvalue weighted by molar-refractivity contribution is 7.14. The number of carbonyl (C=O) groups is 2.